The molecular formula is C15H23ClN2O3. The Morgan fingerprint density at radius 3 is 2.57 bits per heavy atom. The van der Waals surface area contributed by atoms with Gasteiger partial charge >= 0.3 is 0 Å². The molecule has 0 radical (unpaired) electrons. The zero-order chi connectivity index (χ0) is 14.4. The lowest BCUT2D eigenvalue weighted by Gasteiger charge is -2.28. The Morgan fingerprint density at radius 1 is 1.29 bits per heavy atom. The number of rotatable bonds is 5. The zero-order valence-electron chi connectivity index (χ0n) is 12.0. The Kier molecular flexibility index (Phi) is 7.50. The molecule has 0 aromatic heterocycles. The van der Waals surface area contributed by atoms with E-state index in [9.17, 15) is 9.90 Å². The van der Waals surface area contributed by atoms with Crippen LogP contribution in [0.25, 0.3) is 0 Å². The Hall–Kier alpha value is -1.30. The molecule has 1 aliphatic rings. The van der Waals surface area contributed by atoms with Crippen molar-refractivity contribution in [3.05, 3.63) is 24.3 Å². The minimum Gasteiger partial charge on any atom is -0.488 e. The van der Waals surface area contributed by atoms with E-state index in [0.29, 0.717) is 18.7 Å². The van der Waals surface area contributed by atoms with E-state index in [1.165, 1.54) is 0 Å². The van der Waals surface area contributed by atoms with Crippen molar-refractivity contribution in [3.8, 4) is 5.75 Å². The van der Waals surface area contributed by atoms with Gasteiger partial charge in [0.1, 0.15) is 11.9 Å². The van der Waals surface area contributed by atoms with Crippen LogP contribution in [-0.4, -0.2) is 29.8 Å². The van der Waals surface area contributed by atoms with E-state index in [0.717, 1.165) is 31.4 Å². The molecule has 21 heavy (non-hydrogen) atoms. The van der Waals surface area contributed by atoms with Gasteiger partial charge in [-0.3, -0.25) is 4.79 Å². The summed E-state index contributed by atoms with van der Waals surface area (Å²) in [5, 5.41) is 12.6. The predicted molar refractivity (Wildman–Crippen MR) is 84.9 cm³/mol. The average Bonchev–Trinajstić information content (AvgIpc) is 2.44. The van der Waals surface area contributed by atoms with Crippen LogP contribution < -0.4 is 15.8 Å². The predicted octanol–water partition coefficient (Wildman–Crippen LogP) is 2.08. The highest BCUT2D eigenvalue weighted by atomic mass is 35.5. The van der Waals surface area contributed by atoms with E-state index in [4.69, 9.17) is 10.5 Å². The second-order valence-electron chi connectivity index (χ2n) is 5.12. The van der Waals surface area contributed by atoms with Crippen molar-refractivity contribution >= 4 is 24.0 Å². The Morgan fingerprint density at radius 2 is 1.95 bits per heavy atom. The summed E-state index contributed by atoms with van der Waals surface area (Å²) in [6.45, 7) is 0.340. The second kappa shape index (κ2) is 8.87. The average molecular weight is 315 g/mol. The molecule has 118 valence electrons. The number of hydrogen-bond acceptors (Lipinski definition) is 4. The van der Waals surface area contributed by atoms with Crippen molar-refractivity contribution in [1.82, 2.24) is 0 Å². The van der Waals surface area contributed by atoms with E-state index in [-0.39, 0.29) is 30.5 Å². The first-order valence-corrected chi connectivity index (χ1v) is 7.14. The van der Waals surface area contributed by atoms with E-state index < -0.39 is 0 Å². The minimum atomic E-state index is -0.382. The van der Waals surface area contributed by atoms with Crippen molar-refractivity contribution in [2.24, 2.45) is 5.73 Å². The number of nitrogens with two attached hydrogens (primary N) is 1. The standard InChI is InChI=1S/C15H22N2O3.ClH/c16-10-9-15(19)17-11-5-7-12(8-6-11)20-14-4-2-1-3-13(14)18;/h5-8,13-14,18H,1-4,9-10,16H2,(H,17,19);1H. The van der Waals surface area contributed by atoms with Crippen molar-refractivity contribution in [1.29, 1.82) is 0 Å². The quantitative estimate of drug-likeness (QED) is 0.777. The van der Waals surface area contributed by atoms with Crippen LogP contribution >= 0.6 is 12.4 Å². The molecule has 4 N–H and O–H groups in total. The number of anilines is 1. The summed E-state index contributed by atoms with van der Waals surface area (Å²) in [7, 11) is 0. The number of nitrogens with one attached hydrogen (secondary N) is 1. The maximum absolute atomic E-state index is 11.4. The molecule has 1 saturated carbocycles. The van der Waals surface area contributed by atoms with Gasteiger partial charge in [-0.1, -0.05) is 6.42 Å². The van der Waals surface area contributed by atoms with Crippen LogP contribution in [0.15, 0.2) is 24.3 Å². The smallest absolute Gasteiger partial charge is 0.225 e. The molecule has 2 unspecified atom stereocenters. The fourth-order valence-electron chi connectivity index (χ4n) is 2.36. The van der Waals surface area contributed by atoms with Gasteiger partial charge in [-0.2, -0.15) is 0 Å². The van der Waals surface area contributed by atoms with Crippen LogP contribution in [0.1, 0.15) is 32.1 Å². The van der Waals surface area contributed by atoms with Crippen molar-refractivity contribution in [2.45, 2.75) is 44.3 Å². The number of halogens is 1. The largest absolute Gasteiger partial charge is 0.488 e. The van der Waals surface area contributed by atoms with Gasteiger partial charge < -0.3 is 20.9 Å². The van der Waals surface area contributed by atoms with Gasteiger partial charge in [-0.15, -0.1) is 12.4 Å². The molecule has 1 aliphatic carbocycles. The van der Waals surface area contributed by atoms with E-state index >= 15 is 0 Å². The van der Waals surface area contributed by atoms with Crippen molar-refractivity contribution in [3.63, 3.8) is 0 Å². The zero-order valence-corrected chi connectivity index (χ0v) is 12.8. The van der Waals surface area contributed by atoms with E-state index in [2.05, 4.69) is 5.32 Å². The molecule has 0 spiro atoms. The highest BCUT2D eigenvalue weighted by Gasteiger charge is 2.24. The summed E-state index contributed by atoms with van der Waals surface area (Å²) in [5.74, 6) is 0.622. The van der Waals surface area contributed by atoms with Gasteiger partial charge in [0.2, 0.25) is 5.91 Å². The fraction of sp³-hybridized carbons (Fsp3) is 0.533. The van der Waals surface area contributed by atoms with Crippen LogP contribution in [0.2, 0.25) is 0 Å². The number of ether oxygens (including phenoxy) is 1. The third kappa shape index (κ3) is 5.53. The van der Waals surface area contributed by atoms with Crippen LogP contribution in [0.5, 0.6) is 5.75 Å². The van der Waals surface area contributed by atoms with Gasteiger partial charge in [0.05, 0.1) is 6.10 Å². The molecule has 1 aromatic rings. The minimum absolute atomic E-state index is 0. The van der Waals surface area contributed by atoms with Crippen LogP contribution in [0.4, 0.5) is 5.69 Å². The number of benzene rings is 1. The van der Waals surface area contributed by atoms with Crippen LogP contribution in [-0.2, 0) is 4.79 Å². The van der Waals surface area contributed by atoms with Crippen molar-refractivity contribution < 1.29 is 14.6 Å². The normalized spacial score (nSPS) is 21.2. The summed E-state index contributed by atoms with van der Waals surface area (Å²) < 4.78 is 5.79. The second-order valence-corrected chi connectivity index (χ2v) is 5.12. The number of carbonyl (C=O) groups is 1. The molecular weight excluding hydrogens is 292 g/mol. The Labute approximate surface area is 131 Å². The molecule has 1 aromatic carbocycles. The lowest BCUT2D eigenvalue weighted by atomic mass is 9.95. The summed E-state index contributed by atoms with van der Waals surface area (Å²) in [4.78, 5) is 11.4. The molecule has 6 heteroatoms. The Bertz CT molecular complexity index is 439. The third-order valence-electron chi connectivity index (χ3n) is 3.46. The van der Waals surface area contributed by atoms with Gasteiger partial charge in [0.15, 0.2) is 0 Å². The molecule has 0 saturated heterocycles. The molecule has 0 bridgehead atoms. The summed E-state index contributed by atoms with van der Waals surface area (Å²) in [6.07, 6.45) is 3.65. The SMILES string of the molecule is Cl.NCCC(=O)Nc1ccc(OC2CCCCC2O)cc1. The lowest BCUT2D eigenvalue weighted by molar-refractivity contribution is -0.116. The summed E-state index contributed by atoms with van der Waals surface area (Å²) in [6, 6.07) is 7.19. The maximum Gasteiger partial charge on any atom is 0.225 e. The topological polar surface area (TPSA) is 84.6 Å². The molecule has 1 fully saturated rings. The number of hydrogen-bond donors (Lipinski definition) is 3. The highest BCUT2D eigenvalue weighted by molar-refractivity contribution is 5.90. The third-order valence-corrected chi connectivity index (χ3v) is 3.46. The van der Waals surface area contributed by atoms with Gasteiger partial charge in [-0.25, -0.2) is 0 Å². The summed E-state index contributed by atoms with van der Waals surface area (Å²) in [5.41, 5.74) is 6.04. The number of amides is 1. The first-order valence-electron chi connectivity index (χ1n) is 7.14. The molecule has 2 rings (SSSR count). The molecule has 1 amide bonds. The molecule has 5 nitrogen and oxygen atoms in total. The number of aliphatic hydroxyl groups is 1. The first kappa shape index (κ1) is 17.8. The van der Waals surface area contributed by atoms with Gasteiger partial charge in [0, 0.05) is 18.7 Å². The van der Waals surface area contributed by atoms with Gasteiger partial charge in [-0.05, 0) is 43.5 Å². The van der Waals surface area contributed by atoms with E-state index in [1.807, 2.05) is 0 Å². The molecule has 2 atom stereocenters. The van der Waals surface area contributed by atoms with E-state index in [1.54, 1.807) is 24.3 Å². The maximum atomic E-state index is 11.4. The highest BCUT2D eigenvalue weighted by Crippen LogP contribution is 2.24. The fourth-order valence-corrected chi connectivity index (χ4v) is 2.36. The Balaban J connectivity index is 0.00000220. The van der Waals surface area contributed by atoms with Crippen LogP contribution in [0, 0.1) is 0 Å². The van der Waals surface area contributed by atoms with Crippen LogP contribution in [0.3, 0.4) is 0 Å². The van der Waals surface area contributed by atoms with Crippen molar-refractivity contribution in [2.75, 3.05) is 11.9 Å². The summed E-state index contributed by atoms with van der Waals surface area (Å²) >= 11 is 0. The molecule has 0 heterocycles. The number of aliphatic hydroxyl groups excluding tert-OH is 1. The monoisotopic (exact) mass is 314 g/mol. The first-order chi connectivity index (χ1) is 9.69. The lowest BCUT2D eigenvalue weighted by Crippen LogP contribution is -2.34. The molecule has 0 aliphatic heterocycles. The number of carbonyl (C=O) groups excluding carboxylic acids is 1. The van der Waals surface area contributed by atoms with Gasteiger partial charge in [0.25, 0.3) is 0 Å².